The van der Waals surface area contributed by atoms with Gasteiger partial charge in [-0.25, -0.2) is 4.79 Å². The summed E-state index contributed by atoms with van der Waals surface area (Å²) in [5, 5.41) is 3.07. The maximum absolute atomic E-state index is 12.0. The van der Waals surface area contributed by atoms with E-state index in [0.717, 1.165) is 25.7 Å². The van der Waals surface area contributed by atoms with Gasteiger partial charge in [-0.05, 0) is 37.8 Å². The highest BCUT2D eigenvalue weighted by Gasteiger charge is 2.32. The molecule has 21 heavy (non-hydrogen) atoms. The van der Waals surface area contributed by atoms with Crippen LogP contribution in [0.5, 0.6) is 5.75 Å². The number of hydrogen-bond donors (Lipinski definition) is 1. The Bertz CT molecular complexity index is 506. The number of carbonyl (C=O) groups is 2. The summed E-state index contributed by atoms with van der Waals surface area (Å²) in [6.07, 6.45) is 3.32. The highest BCUT2D eigenvalue weighted by molar-refractivity contribution is 5.81. The van der Waals surface area contributed by atoms with Gasteiger partial charge in [0.25, 0.3) is 0 Å². The molecule has 1 aromatic rings. The summed E-state index contributed by atoms with van der Waals surface area (Å²) in [6, 6.07) is 9.27. The van der Waals surface area contributed by atoms with Gasteiger partial charge in [0.15, 0.2) is 0 Å². The number of carbonyl (C=O) groups excluding carboxylic acids is 2. The van der Waals surface area contributed by atoms with Gasteiger partial charge in [0.1, 0.15) is 5.75 Å². The molecule has 1 aliphatic heterocycles. The van der Waals surface area contributed by atoms with Crippen LogP contribution in [0.25, 0.3) is 0 Å². The first kappa shape index (κ1) is 13.9. The SMILES string of the molecule is O=C(NC1CCN(C(=O)Oc2ccccc2)CC1)C1CC1. The minimum absolute atomic E-state index is 0.181. The molecule has 3 rings (SSSR count). The minimum Gasteiger partial charge on any atom is -0.410 e. The number of nitrogens with zero attached hydrogens (tertiary/aromatic N) is 1. The third-order valence-electron chi connectivity index (χ3n) is 4.00. The minimum atomic E-state index is -0.312. The van der Waals surface area contributed by atoms with Gasteiger partial charge in [-0.1, -0.05) is 18.2 Å². The van der Waals surface area contributed by atoms with Crippen molar-refractivity contribution in [3.8, 4) is 5.75 Å². The van der Waals surface area contributed by atoms with Gasteiger partial charge in [-0.3, -0.25) is 4.79 Å². The molecule has 5 nitrogen and oxygen atoms in total. The van der Waals surface area contributed by atoms with Crippen molar-refractivity contribution in [2.45, 2.75) is 31.7 Å². The molecule has 1 heterocycles. The largest absolute Gasteiger partial charge is 0.415 e. The first-order valence-corrected chi connectivity index (χ1v) is 7.54. The van der Waals surface area contributed by atoms with Gasteiger partial charge >= 0.3 is 6.09 Å². The van der Waals surface area contributed by atoms with Crippen LogP contribution in [0.4, 0.5) is 4.79 Å². The number of likely N-dealkylation sites (tertiary alicyclic amines) is 1. The summed E-state index contributed by atoms with van der Waals surface area (Å²) in [6.45, 7) is 1.25. The molecule has 5 heteroatoms. The van der Waals surface area contributed by atoms with Gasteiger partial charge in [-0.15, -0.1) is 0 Å². The second-order valence-corrected chi connectivity index (χ2v) is 5.73. The summed E-state index contributed by atoms with van der Waals surface area (Å²) >= 11 is 0. The Morgan fingerprint density at radius 3 is 2.33 bits per heavy atom. The van der Waals surface area contributed by atoms with Crippen molar-refractivity contribution >= 4 is 12.0 Å². The van der Waals surface area contributed by atoms with Crippen molar-refractivity contribution in [3.63, 3.8) is 0 Å². The average Bonchev–Trinajstić information content (AvgIpc) is 3.33. The number of ether oxygens (including phenoxy) is 1. The van der Waals surface area contributed by atoms with Crippen molar-refractivity contribution < 1.29 is 14.3 Å². The summed E-state index contributed by atoms with van der Waals surface area (Å²) in [5.41, 5.74) is 0. The van der Waals surface area contributed by atoms with Gasteiger partial charge < -0.3 is 15.0 Å². The van der Waals surface area contributed by atoms with E-state index < -0.39 is 0 Å². The highest BCUT2D eigenvalue weighted by Crippen LogP contribution is 2.29. The molecule has 1 N–H and O–H groups in total. The molecule has 1 aromatic carbocycles. The molecule has 0 unspecified atom stereocenters. The van der Waals surface area contributed by atoms with Crippen LogP contribution in [0.3, 0.4) is 0 Å². The Kier molecular flexibility index (Phi) is 4.08. The molecule has 0 atom stereocenters. The normalized spacial score (nSPS) is 19.1. The molecule has 2 aliphatic rings. The van der Waals surface area contributed by atoms with Crippen LogP contribution >= 0.6 is 0 Å². The fourth-order valence-electron chi connectivity index (χ4n) is 2.52. The van der Waals surface area contributed by atoms with E-state index in [0.29, 0.717) is 18.8 Å². The Hall–Kier alpha value is -2.04. The van der Waals surface area contributed by atoms with E-state index in [2.05, 4.69) is 5.32 Å². The molecule has 0 radical (unpaired) electrons. The first-order chi connectivity index (χ1) is 10.2. The number of para-hydroxylation sites is 1. The fraction of sp³-hybridized carbons (Fsp3) is 0.500. The Morgan fingerprint density at radius 1 is 1.05 bits per heavy atom. The molecular weight excluding hydrogens is 268 g/mol. The van der Waals surface area contributed by atoms with Crippen molar-refractivity contribution in [2.75, 3.05) is 13.1 Å². The van der Waals surface area contributed by atoms with Gasteiger partial charge in [-0.2, -0.15) is 0 Å². The van der Waals surface area contributed by atoms with Crippen LogP contribution in [-0.4, -0.2) is 36.0 Å². The van der Waals surface area contributed by atoms with Gasteiger partial charge in [0.2, 0.25) is 5.91 Å². The van der Waals surface area contributed by atoms with E-state index >= 15 is 0 Å². The molecular formula is C16H20N2O3. The van der Waals surface area contributed by atoms with Crippen LogP contribution in [0.15, 0.2) is 30.3 Å². The second-order valence-electron chi connectivity index (χ2n) is 5.73. The molecule has 0 aromatic heterocycles. The van der Waals surface area contributed by atoms with Crippen molar-refractivity contribution in [1.82, 2.24) is 10.2 Å². The number of benzene rings is 1. The molecule has 112 valence electrons. The van der Waals surface area contributed by atoms with E-state index in [-0.39, 0.29) is 24.0 Å². The quantitative estimate of drug-likeness (QED) is 0.927. The number of nitrogens with one attached hydrogen (secondary N) is 1. The average molecular weight is 288 g/mol. The number of amides is 2. The standard InChI is InChI=1S/C16H20N2O3/c19-15(12-6-7-12)17-13-8-10-18(11-9-13)16(20)21-14-4-2-1-3-5-14/h1-5,12-13H,6-11H2,(H,17,19). The molecule has 0 bridgehead atoms. The van der Waals surface area contributed by atoms with E-state index in [4.69, 9.17) is 4.74 Å². The van der Waals surface area contributed by atoms with E-state index in [9.17, 15) is 9.59 Å². The van der Waals surface area contributed by atoms with E-state index in [1.165, 1.54) is 0 Å². The predicted octanol–water partition coefficient (Wildman–Crippen LogP) is 2.18. The van der Waals surface area contributed by atoms with Crippen LogP contribution in [0.2, 0.25) is 0 Å². The Morgan fingerprint density at radius 2 is 1.71 bits per heavy atom. The van der Waals surface area contributed by atoms with Crippen molar-refractivity contribution in [1.29, 1.82) is 0 Å². The van der Waals surface area contributed by atoms with E-state index in [1.54, 1.807) is 17.0 Å². The Balaban J connectivity index is 1.44. The topological polar surface area (TPSA) is 58.6 Å². The lowest BCUT2D eigenvalue weighted by molar-refractivity contribution is -0.123. The van der Waals surface area contributed by atoms with Crippen molar-refractivity contribution in [2.24, 2.45) is 5.92 Å². The highest BCUT2D eigenvalue weighted by atomic mass is 16.6. The monoisotopic (exact) mass is 288 g/mol. The van der Waals surface area contributed by atoms with E-state index in [1.807, 2.05) is 18.2 Å². The fourth-order valence-corrected chi connectivity index (χ4v) is 2.52. The van der Waals surface area contributed by atoms with Crippen LogP contribution in [-0.2, 0) is 4.79 Å². The lowest BCUT2D eigenvalue weighted by Crippen LogP contribution is -2.47. The van der Waals surface area contributed by atoms with Gasteiger partial charge in [0.05, 0.1) is 0 Å². The zero-order chi connectivity index (χ0) is 14.7. The number of hydrogen-bond acceptors (Lipinski definition) is 3. The van der Waals surface area contributed by atoms with Crippen molar-refractivity contribution in [3.05, 3.63) is 30.3 Å². The third-order valence-corrected chi connectivity index (χ3v) is 4.00. The molecule has 2 fully saturated rings. The predicted molar refractivity (Wildman–Crippen MR) is 77.9 cm³/mol. The molecule has 1 aliphatic carbocycles. The maximum Gasteiger partial charge on any atom is 0.415 e. The summed E-state index contributed by atoms with van der Waals surface area (Å²) in [5.74, 6) is 0.984. The lowest BCUT2D eigenvalue weighted by atomic mass is 10.1. The summed E-state index contributed by atoms with van der Waals surface area (Å²) < 4.78 is 5.32. The zero-order valence-electron chi connectivity index (χ0n) is 12.0. The maximum atomic E-state index is 12.0. The summed E-state index contributed by atoms with van der Waals surface area (Å²) in [4.78, 5) is 25.4. The Labute approximate surface area is 124 Å². The summed E-state index contributed by atoms with van der Waals surface area (Å²) in [7, 11) is 0. The second kappa shape index (κ2) is 6.16. The van der Waals surface area contributed by atoms with Crippen LogP contribution < -0.4 is 10.1 Å². The third kappa shape index (κ3) is 3.74. The molecule has 2 amide bonds. The molecule has 1 saturated heterocycles. The smallest absolute Gasteiger partial charge is 0.410 e. The molecule has 0 spiro atoms. The molecule has 1 saturated carbocycles. The zero-order valence-corrected chi connectivity index (χ0v) is 12.0. The number of rotatable bonds is 3. The lowest BCUT2D eigenvalue weighted by Gasteiger charge is -2.31. The number of piperidine rings is 1. The first-order valence-electron chi connectivity index (χ1n) is 7.54. The van der Waals surface area contributed by atoms with Crippen LogP contribution in [0, 0.1) is 5.92 Å². The van der Waals surface area contributed by atoms with Gasteiger partial charge in [0, 0.05) is 25.0 Å². The van der Waals surface area contributed by atoms with Crippen LogP contribution in [0.1, 0.15) is 25.7 Å².